The average Bonchev–Trinajstić information content (AvgIpc) is 3.34. The van der Waals surface area contributed by atoms with Crippen LogP contribution in [0.1, 0.15) is 62.9 Å². The van der Waals surface area contributed by atoms with Crippen LogP contribution >= 0.6 is 11.6 Å². The van der Waals surface area contributed by atoms with E-state index < -0.39 is 15.8 Å². The second kappa shape index (κ2) is 8.45. The van der Waals surface area contributed by atoms with Crippen LogP contribution in [0.25, 0.3) is 0 Å². The number of benzene rings is 2. The molecule has 178 valence electrons. The average molecular weight is 496 g/mol. The molecule has 7 rings (SSSR count). The Balaban J connectivity index is 1.51. The van der Waals surface area contributed by atoms with Crippen LogP contribution in [0.2, 0.25) is 5.02 Å². The van der Waals surface area contributed by atoms with E-state index in [0.29, 0.717) is 16.6 Å². The summed E-state index contributed by atoms with van der Waals surface area (Å²) < 4.78 is 21.3. The van der Waals surface area contributed by atoms with Crippen LogP contribution in [0.15, 0.2) is 63.9 Å². The van der Waals surface area contributed by atoms with Gasteiger partial charge >= 0.3 is 0 Å². The number of nitrogens with zero attached hydrogens (tertiary/aromatic N) is 5. The first kappa shape index (κ1) is 22.2. The first-order chi connectivity index (χ1) is 16.5. The van der Waals surface area contributed by atoms with E-state index in [1.807, 2.05) is 61.5 Å². The quantitative estimate of drug-likeness (QED) is 0.427. The molecule has 2 aromatic carbocycles. The van der Waals surface area contributed by atoms with Crippen molar-refractivity contribution < 1.29 is 4.21 Å². The third-order valence-corrected chi connectivity index (χ3v) is 10.8. The predicted molar refractivity (Wildman–Crippen MR) is 133 cm³/mol. The molecule has 2 unspecified atom stereocenters. The first-order valence-corrected chi connectivity index (χ1v) is 14.4. The minimum Gasteiger partial charge on any atom is -0.245 e. The molecule has 4 saturated carbocycles. The third-order valence-electron chi connectivity index (χ3n) is 8.16. The van der Waals surface area contributed by atoms with E-state index >= 15 is 0 Å². The summed E-state index contributed by atoms with van der Waals surface area (Å²) >= 11 is 6.21. The summed E-state index contributed by atoms with van der Waals surface area (Å²) in [7, 11) is -2.68. The van der Waals surface area contributed by atoms with E-state index in [2.05, 4.69) is 20.2 Å². The maximum Gasteiger partial charge on any atom is 0.181 e. The van der Waals surface area contributed by atoms with Gasteiger partial charge in [-0.1, -0.05) is 48.9 Å². The molecular weight excluding hydrogens is 466 g/mol. The molecule has 8 heteroatoms. The summed E-state index contributed by atoms with van der Waals surface area (Å²) in [5.41, 5.74) is 0.857. The Labute approximate surface area is 206 Å². The maximum absolute atomic E-state index is 14.2. The molecule has 4 bridgehead atoms. The zero-order chi connectivity index (χ0) is 23.3. The van der Waals surface area contributed by atoms with Crippen molar-refractivity contribution in [3.05, 3.63) is 71.0 Å². The molecule has 0 amide bonds. The second-order valence-electron chi connectivity index (χ2n) is 10.4. The van der Waals surface area contributed by atoms with E-state index in [9.17, 15) is 4.21 Å². The van der Waals surface area contributed by atoms with Crippen molar-refractivity contribution in [1.29, 1.82) is 0 Å². The highest BCUT2D eigenvalue weighted by molar-refractivity contribution is 7.93. The smallest absolute Gasteiger partial charge is 0.181 e. The van der Waals surface area contributed by atoms with E-state index in [1.165, 1.54) is 19.3 Å². The van der Waals surface area contributed by atoms with Crippen LogP contribution in [0.4, 0.5) is 0 Å². The Hall–Kier alpha value is -2.25. The molecule has 2 atom stereocenters. The van der Waals surface area contributed by atoms with Gasteiger partial charge in [0, 0.05) is 15.7 Å². The molecule has 0 spiro atoms. The van der Waals surface area contributed by atoms with E-state index in [4.69, 9.17) is 16.0 Å². The molecule has 0 N–H and O–H groups in total. The normalized spacial score (nSPS) is 30.1. The Morgan fingerprint density at radius 3 is 2.24 bits per heavy atom. The maximum atomic E-state index is 14.2. The van der Waals surface area contributed by atoms with Crippen molar-refractivity contribution in [2.75, 3.05) is 5.75 Å². The molecule has 1 heterocycles. The van der Waals surface area contributed by atoms with Gasteiger partial charge in [-0.05, 0) is 96.5 Å². The number of tetrazole rings is 1. The van der Waals surface area contributed by atoms with Gasteiger partial charge in [-0.25, -0.2) is 13.3 Å². The third kappa shape index (κ3) is 3.77. The lowest BCUT2D eigenvalue weighted by Gasteiger charge is -2.56. The van der Waals surface area contributed by atoms with Crippen molar-refractivity contribution in [1.82, 2.24) is 20.2 Å². The summed E-state index contributed by atoms with van der Waals surface area (Å²) in [5, 5.41) is 13.9. The molecule has 4 fully saturated rings. The van der Waals surface area contributed by atoms with Gasteiger partial charge in [0.1, 0.15) is 6.04 Å². The number of rotatable bonds is 6. The monoisotopic (exact) mass is 495 g/mol. The highest BCUT2D eigenvalue weighted by atomic mass is 35.5. The van der Waals surface area contributed by atoms with Crippen LogP contribution in [0, 0.1) is 17.8 Å². The lowest BCUT2D eigenvalue weighted by atomic mass is 9.53. The van der Waals surface area contributed by atoms with Crippen LogP contribution < -0.4 is 0 Å². The molecule has 4 aliphatic rings. The van der Waals surface area contributed by atoms with Crippen LogP contribution in [-0.2, 0) is 15.3 Å². The van der Waals surface area contributed by atoms with Crippen molar-refractivity contribution in [3.8, 4) is 0 Å². The fraction of sp³-hybridized carbons (Fsp3) is 0.500. The molecule has 6 nitrogen and oxygen atoms in total. The SMILES string of the molecule is CCS(=O)(=NC(c1ccc(Cl)cc1)c1nnnn1C12CC3CC(CC(C3)C1)C2)c1ccccc1. The number of hydrogen-bond acceptors (Lipinski definition) is 5. The fourth-order valence-electron chi connectivity index (χ4n) is 7.03. The molecule has 34 heavy (non-hydrogen) atoms. The molecular formula is C26H30ClN5OS. The Kier molecular flexibility index (Phi) is 5.52. The highest BCUT2D eigenvalue weighted by Crippen LogP contribution is 2.59. The molecule has 4 aliphatic carbocycles. The van der Waals surface area contributed by atoms with Gasteiger partial charge in [0.25, 0.3) is 0 Å². The number of hydrogen-bond donors (Lipinski definition) is 0. The Morgan fingerprint density at radius 2 is 1.65 bits per heavy atom. The first-order valence-electron chi connectivity index (χ1n) is 12.3. The van der Waals surface area contributed by atoms with Crippen LogP contribution in [0.3, 0.4) is 0 Å². The second-order valence-corrected chi connectivity index (χ2v) is 13.4. The topological polar surface area (TPSA) is 73.0 Å². The van der Waals surface area contributed by atoms with Gasteiger partial charge < -0.3 is 0 Å². The lowest BCUT2D eigenvalue weighted by Crippen LogP contribution is -2.52. The van der Waals surface area contributed by atoms with Gasteiger partial charge in [0.15, 0.2) is 5.82 Å². The van der Waals surface area contributed by atoms with E-state index in [0.717, 1.165) is 47.5 Å². The number of halogens is 1. The van der Waals surface area contributed by atoms with E-state index in [-0.39, 0.29) is 5.54 Å². The van der Waals surface area contributed by atoms with Crippen molar-refractivity contribution in [3.63, 3.8) is 0 Å². The fourth-order valence-corrected chi connectivity index (χ4v) is 8.90. The van der Waals surface area contributed by atoms with Crippen molar-refractivity contribution in [2.24, 2.45) is 22.1 Å². The van der Waals surface area contributed by atoms with Gasteiger partial charge in [0.05, 0.1) is 15.3 Å². The van der Waals surface area contributed by atoms with Crippen molar-refractivity contribution >= 4 is 21.3 Å². The summed E-state index contributed by atoms with van der Waals surface area (Å²) in [6.45, 7) is 1.93. The molecule has 0 saturated heterocycles. The number of aromatic nitrogens is 4. The molecule has 0 aliphatic heterocycles. The van der Waals surface area contributed by atoms with Crippen LogP contribution in [0.5, 0.6) is 0 Å². The zero-order valence-corrected chi connectivity index (χ0v) is 21.0. The summed E-state index contributed by atoms with van der Waals surface area (Å²) in [4.78, 5) is 0.741. The molecule has 1 aromatic heterocycles. The lowest BCUT2D eigenvalue weighted by molar-refractivity contribution is -0.0519. The van der Waals surface area contributed by atoms with Gasteiger partial charge in [-0.2, -0.15) is 0 Å². The van der Waals surface area contributed by atoms with Gasteiger partial charge in [0.2, 0.25) is 0 Å². The largest absolute Gasteiger partial charge is 0.245 e. The molecule has 3 aromatic rings. The zero-order valence-electron chi connectivity index (χ0n) is 19.4. The predicted octanol–water partition coefficient (Wildman–Crippen LogP) is 5.89. The van der Waals surface area contributed by atoms with Crippen LogP contribution in [-0.4, -0.2) is 30.2 Å². The summed E-state index contributed by atoms with van der Waals surface area (Å²) in [6, 6.07) is 16.6. The van der Waals surface area contributed by atoms with E-state index in [1.54, 1.807) is 0 Å². The van der Waals surface area contributed by atoms with Crippen molar-refractivity contribution in [2.45, 2.75) is 61.9 Å². The standard InChI is InChI=1S/C26H30ClN5OS/c1-2-34(33,23-6-4-3-5-7-23)29-24(21-8-10-22(27)11-9-21)25-28-30-31-32(25)26-15-18-12-19(16-26)14-20(13-18)17-26/h3-11,18-20,24H,2,12-17H2,1H3. The summed E-state index contributed by atoms with van der Waals surface area (Å²) in [5.74, 6) is 3.40. The van der Waals surface area contributed by atoms with Gasteiger partial charge in [-0.3, -0.25) is 0 Å². The Morgan fingerprint density at radius 1 is 1.03 bits per heavy atom. The minimum atomic E-state index is -2.68. The highest BCUT2D eigenvalue weighted by Gasteiger charge is 2.53. The summed E-state index contributed by atoms with van der Waals surface area (Å²) in [6.07, 6.45) is 7.43. The Bertz CT molecular complexity index is 1260. The van der Waals surface area contributed by atoms with Gasteiger partial charge in [-0.15, -0.1) is 5.10 Å². The molecule has 0 radical (unpaired) electrons. The minimum absolute atomic E-state index is 0.0480.